The molecule has 0 unspecified atom stereocenters. The van der Waals surface area contributed by atoms with E-state index in [2.05, 4.69) is 44.7 Å². The second kappa shape index (κ2) is 4.59. The van der Waals surface area contributed by atoms with E-state index in [0.717, 1.165) is 32.0 Å². The summed E-state index contributed by atoms with van der Waals surface area (Å²) in [5, 5.41) is 10.7. The van der Waals surface area contributed by atoms with Crippen molar-refractivity contribution in [3.05, 3.63) is 36.5 Å². The van der Waals surface area contributed by atoms with Gasteiger partial charge in [0.15, 0.2) is 0 Å². The molecule has 0 bridgehead atoms. The predicted molar refractivity (Wildman–Crippen MR) is 69.1 cm³/mol. The molecule has 2 N–H and O–H groups in total. The zero-order valence-corrected chi connectivity index (χ0v) is 9.69. The maximum Gasteiger partial charge on any atom is 0.132 e. The molecule has 1 aliphatic rings. The molecule has 0 saturated carbocycles. The lowest BCUT2D eigenvalue weighted by Gasteiger charge is -2.28. The van der Waals surface area contributed by atoms with Crippen LogP contribution in [-0.4, -0.2) is 36.4 Å². The lowest BCUT2D eigenvalue weighted by molar-refractivity contribution is 0.585. The normalized spacial score (nSPS) is 16.1. The van der Waals surface area contributed by atoms with Gasteiger partial charge in [0.1, 0.15) is 5.82 Å². The third kappa shape index (κ3) is 2.03. The molecule has 4 nitrogen and oxygen atoms in total. The van der Waals surface area contributed by atoms with E-state index in [-0.39, 0.29) is 0 Å². The van der Waals surface area contributed by atoms with Gasteiger partial charge in [-0.1, -0.05) is 30.3 Å². The molecule has 17 heavy (non-hydrogen) atoms. The number of piperazine rings is 1. The third-order valence-corrected chi connectivity index (χ3v) is 3.14. The number of benzene rings is 1. The Morgan fingerprint density at radius 3 is 2.59 bits per heavy atom. The third-order valence-electron chi connectivity index (χ3n) is 3.14. The van der Waals surface area contributed by atoms with E-state index in [1.165, 1.54) is 11.1 Å². The van der Waals surface area contributed by atoms with Gasteiger partial charge in [0, 0.05) is 31.7 Å². The molecular weight excluding hydrogens is 212 g/mol. The standard InChI is InChI=1S/C13H16N4/c1-2-4-11(5-3-1)12-10-15-16-13(12)17-8-6-14-7-9-17/h1-5,10,14H,6-9H2,(H,15,16). The van der Waals surface area contributed by atoms with Crippen molar-refractivity contribution in [2.45, 2.75) is 0 Å². The van der Waals surface area contributed by atoms with Crippen LogP contribution in [0.5, 0.6) is 0 Å². The fraction of sp³-hybridized carbons (Fsp3) is 0.308. The largest absolute Gasteiger partial charge is 0.354 e. The maximum atomic E-state index is 4.19. The van der Waals surface area contributed by atoms with Crippen LogP contribution in [0.25, 0.3) is 11.1 Å². The number of rotatable bonds is 2. The van der Waals surface area contributed by atoms with Crippen molar-refractivity contribution in [3.63, 3.8) is 0 Å². The number of hydrogen-bond acceptors (Lipinski definition) is 3. The monoisotopic (exact) mass is 228 g/mol. The molecule has 0 spiro atoms. The van der Waals surface area contributed by atoms with Crippen LogP contribution in [0.1, 0.15) is 0 Å². The Hall–Kier alpha value is -1.81. The van der Waals surface area contributed by atoms with E-state index in [1.807, 2.05) is 12.3 Å². The molecule has 0 radical (unpaired) electrons. The number of hydrogen-bond donors (Lipinski definition) is 2. The molecule has 2 heterocycles. The summed E-state index contributed by atoms with van der Waals surface area (Å²) in [5.41, 5.74) is 2.40. The van der Waals surface area contributed by atoms with Crippen LogP contribution in [0.15, 0.2) is 36.5 Å². The van der Waals surface area contributed by atoms with Crippen LogP contribution >= 0.6 is 0 Å². The maximum absolute atomic E-state index is 4.19. The van der Waals surface area contributed by atoms with Gasteiger partial charge in [-0.2, -0.15) is 5.10 Å². The highest BCUT2D eigenvalue weighted by Gasteiger charge is 2.16. The van der Waals surface area contributed by atoms with E-state index in [1.54, 1.807) is 0 Å². The SMILES string of the molecule is c1ccc(-c2cn[nH]c2N2CCNCC2)cc1. The number of aromatic amines is 1. The Balaban J connectivity index is 1.93. The highest BCUT2D eigenvalue weighted by molar-refractivity contribution is 5.75. The van der Waals surface area contributed by atoms with E-state index in [4.69, 9.17) is 0 Å². The van der Waals surface area contributed by atoms with Gasteiger partial charge in [0.25, 0.3) is 0 Å². The zero-order valence-electron chi connectivity index (χ0n) is 9.69. The molecule has 1 aromatic carbocycles. The van der Waals surface area contributed by atoms with E-state index in [9.17, 15) is 0 Å². The van der Waals surface area contributed by atoms with Crippen LogP contribution in [-0.2, 0) is 0 Å². The first-order valence-electron chi connectivity index (χ1n) is 5.99. The van der Waals surface area contributed by atoms with Crippen LogP contribution in [0, 0.1) is 0 Å². The van der Waals surface area contributed by atoms with Crippen LogP contribution in [0.4, 0.5) is 5.82 Å². The van der Waals surface area contributed by atoms with Crippen molar-refractivity contribution in [1.82, 2.24) is 15.5 Å². The molecule has 1 aliphatic heterocycles. The lowest BCUT2D eigenvalue weighted by atomic mass is 10.1. The fourth-order valence-electron chi connectivity index (χ4n) is 2.24. The van der Waals surface area contributed by atoms with Crippen molar-refractivity contribution in [2.24, 2.45) is 0 Å². The van der Waals surface area contributed by atoms with Crippen LogP contribution in [0.2, 0.25) is 0 Å². The van der Waals surface area contributed by atoms with E-state index in [0.29, 0.717) is 0 Å². The second-order valence-corrected chi connectivity index (χ2v) is 4.24. The second-order valence-electron chi connectivity index (χ2n) is 4.24. The highest BCUT2D eigenvalue weighted by atomic mass is 15.3. The van der Waals surface area contributed by atoms with Gasteiger partial charge in [-0.25, -0.2) is 0 Å². The van der Waals surface area contributed by atoms with Crippen molar-refractivity contribution in [3.8, 4) is 11.1 Å². The number of H-pyrrole nitrogens is 1. The summed E-state index contributed by atoms with van der Waals surface area (Å²) in [6.07, 6.45) is 1.91. The summed E-state index contributed by atoms with van der Waals surface area (Å²) in [4.78, 5) is 2.35. The van der Waals surface area contributed by atoms with Gasteiger partial charge in [-0.3, -0.25) is 5.10 Å². The molecule has 1 aromatic heterocycles. The molecule has 88 valence electrons. The van der Waals surface area contributed by atoms with E-state index < -0.39 is 0 Å². The first-order valence-corrected chi connectivity index (χ1v) is 5.99. The minimum absolute atomic E-state index is 1.03. The van der Waals surface area contributed by atoms with Crippen LogP contribution in [0.3, 0.4) is 0 Å². The minimum Gasteiger partial charge on any atom is -0.354 e. The summed E-state index contributed by atoms with van der Waals surface area (Å²) in [6.45, 7) is 4.13. The van der Waals surface area contributed by atoms with Gasteiger partial charge in [0.05, 0.1) is 6.20 Å². The molecule has 0 aliphatic carbocycles. The lowest BCUT2D eigenvalue weighted by Crippen LogP contribution is -2.43. The molecular formula is C13H16N4. The minimum atomic E-state index is 1.03. The molecule has 3 rings (SSSR count). The number of nitrogens with zero attached hydrogens (tertiary/aromatic N) is 2. The first kappa shape index (κ1) is 10.4. The molecule has 0 amide bonds. The Morgan fingerprint density at radius 2 is 1.82 bits per heavy atom. The average molecular weight is 228 g/mol. The Kier molecular flexibility index (Phi) is 2.80. The smallest absolute Gasteiger partial charge is 0.132 e. The molecule has 1 fully saturated rings. The van der Waals surface area contributed by atoms with Crippen LogP contribution < -0.4 is 10.2 Å². The number of anilines is 1. The van der Waals surface area contributed by atoms with Gasteiger partial charge in [-0.15, -0.1) is 0 Å². The Bertz CT molecular complexity index is 471. The topological polar surface area (TPSA) is 44.0 Å². The number of nitrogens with one attached hydrogen (secondary N) is 2. The molecule has 0 atom stereocenters. The van der Waals surface area contributed by atoms with Crippen molar-refractivity contribution in [1.29, 1.82) is 0 Å². The average Bonchev–Trinajstić information content (AvgIpc) is 2.90. The van der Waals surface area contributed by atoms with Crippen molar-refractivity contribution in [2.75, 3.05) is 31.1 Å². The molecule has 4 heteroatoms. The summed E-state index contributed by atoms with van der Waals surface area (Å²) in [5.74, 6) is 1.14. The summed E-state index contributed by atoms with van der Waals surface area (Å²) >= 11 is 0. The van der Waals surface area contributed by atoms with E-state index >= 15 is 0 Å². The predicted octanol–water partition coefficient (Wildman–Crippen LogP) is 1.49. The van der Waals surface area contributed by atoms with Crippen molar-refractivity contribution >= 4 is 5.82 Å². The molecule has 1 saturated heterocycles. The van der Waals surface area contributed by atoms with Gasteiger partial charge in [0.2, 0.25) is 0 Å². The van der Waals surface area contributed by atoms with Gasteiger partial charge < -0.3 is 10.2 Å². The fourth-order valence-corrected chi connectivity index (χ4v) is 2.24. The van der Waals surface area contributed by atoms with Gasteiger partial charge in [-0.05, 0) is 5.56 Å². The summed E-state index contributed by atoms with van der Waals surface area (Å²) in [7, 11) is 0. The zero-order chi connectivity index (χ0) is 11.5. The quantitative estimate of drug-likeness (QED) is 0.818. The number of aromatic nitrogens is 2. The highest BCUT2D eigenvalue weighted by Crippen LogP contribution is 2.28. The first-order chi connectivity index (χ1) is 8.45. The Labute approximate surface area is 101 Å². The van der Waals surface area contributed by atoms with Crippen molar-refractivity contribution < 1.29 is 0 Å². The summed E-state index contributed by atoms with van der Waals surface area (Å²) in [6, 6.07) is 10.4. The summed E-state index contributed by atoms with van der Waals surface area (Å²) < 4.78 is 0. The van der Waals surface area contributed by atoms with Gasteiger partial charge >= 0.3 is 0 Å². The molecule has 2 aromatic rings. The Morgan fingerprint density at radius 1 is 1.06 bits per heavy atom.